The Morgan fingerprint density at radius 2 is 2.03 bits per heavy atom. The average molecular weight is 411 g/mol. The van der Waals surface area contributed by atoms with Gasteiger partial charge in [0.1, 0.15) is 22.3 Å². The van der Waals surface area contributed by atoms with Crippen molar-refractivity contribution in [2.75, 3.05) is 31.5 Å². The third-order valence-corrected chi connectivity index (χ3v) is 5.02. The van der Waals surface area contributed by atoms with Crippen molar-refractivity contribution < 1.29 is 13.7 Å². The van der Waals surface area contributed by atoms with Gasteiger partial charge in [0.15, 0.2) is 5.82 Å². The van der Waals surface area contributed by atoms with Crippen molar-refractivity contribution in [2.45, 2.75) is 19.3 Å². The van der Waals surface area contributed by atoms with Gasteiger partial charge >= 0.3 is 5.88 Å². The maximum atomic E-state index is 14.4. The van der Waals surface area contributed by atoms with Gasteiger partial charge in [-0.3, -0.25) is 10.1 Å². The Balaban J connectivity index is 1.53. The number of anilines is 1. The number of aromatic nitrogens is 2. The summed E-state index contributed by atoms with van der Waals surface area (Å²) in [7, 11) is 0. The maximum absolute atomic E-state index is 14.4. The Bertz CT molecular complexity index is 1080. The molecule has 0 unspecified atom stereocenters. The van der Waals surface area contributed by atoms with E-state index in [1.54, 1.807) is 24.3 Å². The molecule has 0 saturated carbocycles. The molecule has 1 aliphatic rings. The second kappa shape index (κ2) is 9.00. The monoisotopic (exact) mass is 411 g/mol. The van der Waals surface area contributed by atoms with E-state index in [1.165, 1.54) is 31.0 Å². The first-order chi connectivity index (χ1) is 14.6. The Hall–Kier alpha value is -3.33. The molecule has 3 aromatic rings. The summed E-state index contributed by atoms with van der Waals surface area (Å²) < 4.78 is 19.5. The van der Waals surface area contributed by atoms with E-state index < -0.39 is 4.92 Å². The van der Waals surface area contributed by atoms with Crippen LogP contribution in [0.25, 0.3) is 23.1 Å². The number of nitrogens with zero attached hydrogens (tertiary/aromatic N) is 4. The molecule has 1 saturated heterocycles. The molecular weight excluding hydrogens is 389 g/mol. The molecular formula is C21H22FN5O3. The van der Waals surface area contributed by atoms with Gasteiger partial charge in [0.2, 0.25) is 0 Å². The lowest BCUT2D eigenvalue weighted by Gasteiger charge is -2.15. The molecule has 0 atom stereocenters. The minimum atomic E-state index is -0.600. The molecule has 0 spiro atoms. The third kappa shape index (κ3) is 4.62. The van der Waals surface area contributed by atoms with E-state index in [9.17, 15) is 14.5 Å². The quantitative estimate of drug-likeness (QED) is 0.334. The van der Waals surface area contributed by atoms with Crippen LogP contribution in [0.15, 0.2) is 34.7 Å². The van der Waals surface area contributed by atoms with E-state index in [-0.39, 0.29) is 11.7 Å². The summed E-state index contributed by atoms with van der Waals surface area (Å²) in [6.07, 6.45) is 6.57. The minimum Gasteiger partial charge on any atom is -0.401 e. The molecule has 0 radical (unpaired) electrons. The van der Waals surface area contributed by atoms with E-state index in [1.807, 2.05) is 0 Å². The van der Waals surface area contributed by atoms with Crippen LogP contribution in [0.4, 0.5) is 16.1 Å². The number of benzene rings is 1. The first-order valence-electron chi connectivity index (χ1n) is 9.95. The molecule has 0 aliphatic carbocycles. The van der Waals surface area contributed by atoms with Gasteiger partial charge in [-0.15, -0.1) is 0 Å². The van der Waals surface area contributed by atoms with Gasteiger partial charge in [-0.2, -0.15) is 0 Å². The summed E-state index contributed by atoms with van der Waals surface area (Å²) in [6.45, 7) is 3.96. The van der Waals surface area contributed by atoms with Crippen LogP contribution in [0.1, 0.15) is 30.8 Å². The number of likely N-dealkylation sites (tertiary alicyclic amines) is 1. The van der Waals surface area contributed by atoms with Crippen LogP contribution < -0.4 is 5.32 Å². The first kappa shape index (κ1) is 20.0. The highest BCUT2D eigenvalue weighted by Gasteiger charge is 2.13. The molecule has 1 fully saturated rings. The maximum Gasteiger partial charge on any atom is 0.433 e. The van der Waals surface area contributed by atoms with E-state index >= 15 is 0 Å². The molecule has 0 bridgehead atoms. The van der Waals surface area contributed by atoms with Crippen LogP contribution in [0.5, 0.6) is 0 Å². The fraction of sp³-hybridized carbons (Fsp3) is 0.333. The normalized spacial score (nSPS) is 14.7. The largest absolute Gasteiger partial charge is 0.433 e. The lowest BCUT2D eigenvalue weighted by molar-refractivity contribution is -0.402. The molecule has 0 amide bonds. The number of rotatable bonds is 8. The molecule has 9 heteroatoms. The highest BCUT2D eigenvalue weighted by atomic mass is 19.1. The molecule has 30 heavy (non-hydrogen) atoms. The Morgan fingerprint density at radius 3 is 2.80 bits per heavy atom. The Morgan fingerprint density at radius 1 is 1.20 bits per heavy atom. The van der Waals surface area contributed by atoms with E-state index in [2.05, 4.69) is 20.2 Å². The first-order valence-corrected chi connectivity index (χ1v) is 9.95. The summed E-state index contributed by atoms with van der Waals surface area (Å²) >= 11 is 0. The standard InChI is InChI=1S/C21H22FN5O3/c22-16-5-3-6-17-20(16)21(23-11-4-14-26-12-1-2-13-26)25-18(24-17)9-7-15-8-10-19(30-15)27(28)29/h3,5-10H,1-2,4,11-14H2,(H,23,24,25)/b9-7+. The third-order valence-electron chi connectivity index (χ3n) is 5.02. The van der Waals surface area contributed by atoms with Crippen LogP contribution in [0.2, 0.25) is 0 Å². The second-order valence-electron chi connectivity index (χ2n) is 7.16. The zero-order valence-corrected chi connectivity index (χ0v) is 16.4. The Labute approximate surface area is 172 Å². The summed E-state index contributed by atoms with van der Waals surface area (Å²) in [6, 6.07) is 7.49. The predicted molar refractivity (Wildman–Crippen MR) is 113 cm³/mol. The molecule has 3 heterocycles. The highest BCUT2D eigenvalue weighted by Crippen LogP contribution is 2.25. The van der Waals surface area contributed by atoms with Crippen molar-refractivity contribution in [3.05, 3.63) is 57.8 Å². The summed E-state index contributed by atoms with van der Waals surface area (Å²) in [5, 5.41) is 14.3. The van der Waals surface area contributed by atoms with E-state index in [4.69, 9.17) is 4.42 Å². The van der Waals surface area contributed by atoms with Crippen LogP contribution >= 0.6 is 0 Å². The fourth-order valence-electron chi connectivity index (χ4n) is 3.56. The number of fused-ring (bicyclic) bond motifs is 1. The number of furan rings is 1. The van der Waals surface area contributed by atoms with Gasteiger partial charge in [0.05, 0.1) is 17.0 Å². The van der Waals surface area contributed by atoms with Crippen LogP contribution in [0, 0.1) is 15.9 Å². The lowest BCUT2D eigenvalue weighted by atomic mass is 10.2. The van der Waals surface area contributed by atoms with Crippen molar-refractivity contribution in [1.29, 1.82) is 0 Å². The van der Waals surface area contributed by atoms with Crippen molar-refractivity contribution in [1.82, 2.24) is 14.9 Å². The number of hydrogen-bond donors (Lipinski definition) is 1. The molecule has 1 N–H and O–H groups in total. The smallest absolute Gasteiger partial charge is 0.401 e. The molecule has 1 aliphatic heterocycles. The van der Waals surface area contributed by atoms with Gasteiger partial charge in [0.25, 0.3) is 0 Å². The zero-order valence-electron chi connectivity index (χ0n) is 16.4. The predicted octanol–water partition coefficient (Wildman–Crippen LogP) is 4.34. The lowest BCUT2D eigenvalue weighted by Crippen LogP contribution is -2.22. The summed E-state index contributed by atoms with van der Waals surface area (Å²) in [4.78, 5) is 21.4. The number of halogens is 1. The topological polar surface area (TPSA) is 97.3 Å². The van der Waals surface area contributed by atoms with Crippen LogP contribution in [0.3, 0.4) is 0 Å². The second-order valence-corrected chi connectivity index (χ2v) is 7.16. The van der Waals surface area contributed by atoms with Crippen molar-refractivity contribution in [3.63, 3.8) is 0 Å². The van der Waals surface area contributed by atoms with Gasteiger partial charge in [-0.25, -0.2) is 14.4 Å². The van der Waals surface area contributed by atoms with Crippen molar-refractivity contribution >= 4 is 34.8 Å². The molecule has 1 aromatic carbocycles. The fourth-order valence-corrected chi connectivity index (χ4v) is 3.56. The van der Waals surface area contributed by atoms with Crippen LogP contribution in [-0.2, 0) is 0 Å². The van der Waals surface area contributed by atoms with E-state index in [0.29, 0.717) is 34.9 Å². The molecule has 8 nitrogen and oxygen atoms in total. The zero-order chi connectivity index (χ0) is 20.9. The van der Waals surface area contributed by atoms with Crippen molar-refractivity contribution in [3.8, 4) is 0 Å². The summed E-state index contributed by atoms with van der Waals surface area (Å²) in [5.74, 6) is 0.381. The minimum absolute atomic E-state index is 0.310. The number of nitrogens with one attached hydrogen (secondary N) is 1. The Kier molecular flexibility index (Phi) is 5.99. The number of nitro groups is 1. The van der Waals surface area contributed by atoms with Gasteiger partial charge in [0, 0.05) is 6.54 Å². The van der Waals surface area contributed by atoms with Gasteiger partial charge in [-0.1, -0.05) is 6.07 Å². The van der Waals surface area contributed by atoms with Gasteiger partial charge < -0.3 is 14.6 Å². The van der Waals surface area contributed by atoms with Gasteiger partial charge in [-0.05, 0) is 69.2 Å². The summed E-state index contributed by atoms with van der Waals surface area (Å²) in [5.41, 5.74) is 0.483. The average Bonchev–Trinajstić information content (AvgIpc) is 3.41. The highest BCUT2D eigenvalue weighted by molar-refractivity contribution is 5.90. The number of hydrogen-bond acceptors (Lipinski definition) is 7. The van der Waals surface area contributed by atoms with Crippen LogP contribution in [-0.4, -0.2) is 46.0 Å². The molecule has 156 valence electrons. The SMILES string of the molecule is O=[N+]([O-])c1ccc(/C=C/c2nc(NCCCN3CCCC3)c3c(F)cccc3n2)o1. The molecule has 4 rings (SSSR count). The van der Waals surface area contributed by atoms with Crippen molar-refractivity contribution in [2.24, 2.45) is 0 Å². The molecule has 2 aromatic heterocycles. The van der Waals surface area contributed by atoms with E-state index in [0.717, 1.165) is 26.1 Å².